The Balaban J connectivity index is 0.00000242. The van der Waals surface area contributed by atoms with Gasteiger partial charge in [0.15, 0.2) is 0 Å². The fourth-order valence-corrected chi connectivity index (χ4v) is 2.08. The Morgan fingerprint density at radius 1 is 1.32 bits per heavy atom. The van der Waals surface area contributed by atoms with Gasteiger partial charge in [0.1, 0.15) is 6.04 Å². The number of halogens is 1. The van der Waals surface area contributed by atoms with Crippen LogP contribution in [0.25, 0.3) is 0 Å². The van der Waals surface area contributed by atoms with Gasteiger partial charge in [0.05, 0.1) is 11.6 Å². The number of anilines is 2. The molecule has 0 bridgehead atoms. The summed E-state index contributed by atoms with van der Waals surface area (Å²) in [5.41, 5.74) is 1.36. The summed E-state index contributed by atoms with van der Waals surface area (Å²) >= 11 is 0. The van der Waals surface area contributed by atoms with Gasteiger partial charge in [-0.25, -0.2) is 0 Å². The van der Waals surface area contributed by atoms with Crippen LogP contribution in [0.4, 0.5) is 11.4 Å². The lowest BCUT2D eigenvalue weighted by molar-refractivity contribution is -0.133. The molecule has 1 heterocycles. The van der Waals surface area contributed by atoms with E-state index in [-0.39, 0.29) is 30.6 Å². The molecule has 1 aliphatic heterocycles. The number of imide groups is 1. The van der Waals surface area contributed by atoms with E-state index in [0.29, 0.717) is 23.4 Å². The number of hydrogen-bond acceptors (Lipinski definition) is 5. The molecule has 1 unspecified atom stereocenters. The zero-order valence-corrected chi connectivity index (χ0v) is 12.6. The van der Waals surface area contributed by atoms with E-state index in [4.69, 9.17) is 5.26 Å². The molecule has 3 amide bonds. The van der Waals surface area contributed by atoms with E-state index in [2.05, 4.69) is 16.0 Å². The van der Waals surface area contributed by atoms with Crippen molar-refractivity contribution in [1.29, 1.82) is 5.26 Å². The van der Waals surface area contributed by atoms with Crippen molar-refractivity contribution in [1.82, 2.24) is 5.32 Å². The number of amides is 3. The Morgan fingerprint density at radius 3 is 2.59 bits per heavy atom. The van der Waals surface area contributed by atoms with Crippen molar-refractivity contribution in [2.24, 2.45) is 0 Å². The van der Waals surface area contributed by atoms with Crippen molar-refractivity contribution in [3.8, 4) is 6.07 Å². The molecule has 8 heteroatoms. The highest BCUT2D eigenvalue weighted by Crippen LogP contribution is 2.21. The van der Waals surface area contributed by atoms with Crippen LogP contribution in [0.2, 0.25) is 0 Å². The van der Waals surface area contributed by atoms with Crippen molar-refractivity contribution in [3.05, 3.63) is 23.8 Å². The summed E-state index contributed by atoms with van der Waals surface area (Å²) in [6.45, 7) is 1.37. The molecule has 1 aliphatic rings. The topological polar surface area (TPSA) is 111 Å². The molecule has 1 aromatic rings. The third-order valence-corrected chi connectivity index (χ3v) is 2.96. The van der Waals surface area contributed by atoms with Crippen LogP contribution < -0.4 is 16.0 Å². The van der Waals surface area contributed by atoms with Crippen LogP contribution in [0.5, 0.6) is 0 Å². The molecule has 3 N–H and O–H groups in total. The van der Waals surface area contributed by atoms with Gasteiger partial charge in [-0.3, -0.25) is 19.7 Å². The van der Waals surface area contributed by atoms with E-state index in [0.717, 1.165) is 0 Å². The minimum Gasteiger partial charge on any atom is -0.374 e. The molecular formula is C14H15ClN4O3. The van der Waals surface area contributed by atoms with Gasteiger partial charge >= 0.3 is 0 Å². The first-order chi connectivity index (χ1) is 9.97. The van der Waals surface area contributed by atoms with Gasteiger partial charge in [-0.1, -0.05) is 0 Å². The minimum absolute atomic E-state index is 0. The molecule has 22 heavy (non-hydrogen) atoms. The number of nitriles is 1. The zero-order chi connectivity index (χ0) is 15.4. The first-order valence-corrected chi connectivity index (χ1v) is 6.41. The molecule has 1 aromatic carbocycles. The third kappa shape index (κ3) is 4.46. The Bertz CT molecular complexity index is 654. The molecule has 1 saturated heterocycles. The van der Waals surface area contributed by atoms with E-state index in [1.807, 2.05) is 6.07 Å². The molecule has 116 valence electrons. The second-order valence-electron chi connectivity index (χ2n) is 4.74. The van der Waals surface area contributed by atoms with E-state index >= 15 is 0 Å². The smallest absolute Gasteiger partial charge is 0.249 e. The molecule has 0 spiro atoms. The number of hydrogen-bond donors (Lipinski definition) is 3. The van der Waals surface area contributed by atoms with Crippen molar-refractivity contribution in [3.63, 3.8) is 0 Å². The summed E-state index contributed by atoms with van der Waals surface area (Å²) in [5, 5.41) is 16.8. The Kier molecular flexibility index (Phi) is 5.90. The fourth-order valence-electron chi connectivity index (χ4n) is 2.08. The number of carbonyl (C=O) groups excluding carboxylic acids is 3. The highest BCUT2D eigenvalue weighted by atomic mass is 35.5. The van der Waals surface area contributed by atoms with E-state index in [1.54, 1.807) is 12.1 Å². The summed E-state index contributed by atoms with van der Waals surface area (Å²) < 4.78 is 0. The highest BCUT2D eigenvalue weighted by molar-refractivity contribution is 6.01. The lowest BCUT2D eigenvalue weighted by atomic mass is 10.1. The maximum Gasteiger partial charge on any atom is 0.249 e. The Labute approximate surface area is 133 Å². The van der Waals surface area contributed by atoms with Gasteiger partial charge in [-0.15, -0.1) is 12.4 Å². The van der Waals surface area contributed by atoms with Gasteiger partial charge in [-0.05, 0) is 24.6 Å². The van der Waals surface area contributed by atoms with Crippen LogP contribution >= 0.6 is 12.4 Å². The van der Waals surface area contributed by atoms with Gasteiger partial charge in [0, 0.05) is 24.7 Å². The van der Waals surface area contributed by atoms with Crippen molar-refractivity contribution >= 4 is 41.5 Å². The lowest BCUT2D eigenvalue weighted by Crippen LogP contribution is -2.47. The van der Waals surface area contributed by atoms with Gasteiger partial charge in [0.25, 0.3) is 0 Å². The molecule has 1 fully saturated rings. The van der Waals surface area contributed by atoms with Crippen LogP contribution in [-0.4, -0.2) is 23.8 Å². The standard InChI is InChI=1S/C14H14N4O3.ClH/c1-8(19)16-10-4-9(7-15)5-11(6-10)17-12-2-3-13(20)18-14(12)21;/h4-6,12,17H,2-3H2,1H3,(H,16,19)(H,18,20,21);1H. The largest absolute Gasteiger partial charge is 0.374 e. The van der Waals surface area contributed by atoms with Crippen LogP contribution in [0.15, 0.2) is 18.2 Å². The summed E-state index contributed by atoms with van der Waals surface area (Å²) in [5.74, 6) is -0.936. The molecule has 1 atom stereocenters. The normalized spacial score (nSPS) is 16.8. The number of piperidine rings is 1. The number of nitrogens with one attached hydrogen (secondary N) is 3. The molecule has 0 aliphatic carbocycles. The van der Waals surface area contributed by atoms with E-state index in [9.17, 15) is 14.4 Å². The third-order valence-electron chi connectivity index (χ3n) is 2.96. The molecule has 7 nitrogen and oxygen atoms in total. The van der Waals surface area contributed by atoms with Crippen LogP contribution in [0, 0.1) is 11.3 Å². The van der Waals surface area contributed by atoms with E-state index < -0.39 is 11.9 Å². The Hall–Kier alpha value is -2.59. The number of carbonyl (C=O) groups is 3. The second-order valence-corrected chi connectivity index (χ2v) is 4.74. The molecule has 2 rings (SSSR count). The van der Waals surface area contributed by atoms with Gasteiger partial charge in [0.2, 0.25) is 17.7 Å². The maximum absolute atomic E-state index is 11.7. The summed E-state index contributed by atoms with van der Waals surface area (Å²) in [6.07, 6.45) is 0.650. The number of benzene rings is 1. The van der Waals surface area contributed by atoms with Crippen molar-refractivity contribution in [2.75, 3.05) is 10.6 Å². The number of rotatable bonds is 3. The average molecular weight is 323 g/mol. The zero-order valence-electron chi connectivity index (χ0n) is 11.8. The average Bonchev–Trinajstić information content (AvgIpc) is 2.41. The van der Waals surface area contributed by atoms with Gasteiger partial charge < -0.3 is 10.6 Å². The second kappa shape index (κ2) is 7.43. The predicted octanol–water partition coefficient (Wildman–Crippen LogP) is 1.16. The Morgan fingerprint density at radius 2 is 2.00 bits per heavy atom. The van der Waals surface area contributed by atoms with Crippen LogP contribution in [0.1, 0.15) is 25.3 Å². The lowest BCUT2D eigenvalue weighted by Gasteiger charge is -2.23. The summed E-state index contributed by atoms with van der Waals surface area (Å²) in [6, 6.07) is 6.20. The van der Waals surface area contributed by atoms with Gasteiger partial charge in [-0.2, -0.15) is 5.26 Å². The first kappa shape index (κ1) is 17.5. The SMILES string of the molecule is CC(=O)Nc1cc(C#N)cc(NC2CCC(=O)NC2=O)c1.Cl. The molecular weight excluding hydrogens is 308 g/mol. The first-order valence-electron chi connectivity index (χ1n) is 6.41. The quantitative estimate of drug-likeness (QED) is 0.723. The van der Waals surface area contributed by atoms with E-state index in [1.165, 1.54) is 13.0 Å². The maximum atomic E-state index is 11.7. The predicted molar refractivity (Wildman–Crippen MR) is 82.5 cm³/mol. The highest BCUT2D eigenvalue weighted by Gasteiger charge is 2.26. The summed E-state index contributed by atoms with van der Waals surface area (Å²) in [4.78, 5) is 33.9. The van der Waals surface area contributed by atoms with Crippen molar-refractivity contribution < 1.29 is 14.4 Å². The monoisotopic (exact) mass is 322 g/mol. The number of nitrogens with zero attached hydrogens (tertiary/aromatic N) is 1. The fraction of sp³-hybridized carbons (Fsp3) is 0.286. The van der Waals surface area contributed by atoms with Crippen LogP contribution in [-0.2, 0) is 14.4 Å². The molecule has 0 aromatic heterocycles. The summed E-state index contributed by atoms with van der Waals surface area (Å²) in [7, 11) is 0. The molecule has 0 radical (unpaired) electrons. The van der Waals surface area contributed by atoms with Crippen molar-refractivity contribution in [2.45, 2.75) is 25.8 Å². The van der Waals surface area contributed by atoms with Crippen LogP contribution in [0.3, 0.4) is 0 Å². The minimum atomic E-state index is -0.540. The molecule has 0 saturated carbocycles.